The SMILES string of the molecule is CN(C)Cc1ccc(N2CCN(C(=O)CCc3nc4cc(S(=O)(=O)N5CCCCC5)ccc4n3C)CC2)nc1. The fourth-order valence-electron chi connectivity index (χ4n) is 5.49. The second kappa shape index (κ2) is 11.6. The Morgan fingerprint density at radius 1 is 0.974 bits per heavy atom. The third-order valence-corrected chi connectivity index (χ3v) is 9.62. The summed E-state index contributed by atoms with van der Waals surface area (Å²) in [6, 6.07) is 9.34. The highest BCUT2D eigenvalue weighted by atomic mass is 32.2. The Labute approximate surface area is 231 Å². The van der Waals surface area contributed by atoms with E-state index in [2.05, 4.69) is 26.9 Å². The zero-order valence-corrected chi connectivity index (χ0v) is 24.0. The second-order valence-corrected chi connectivity index (χ2v) is 12.8. The molecule has 0 saturated carbocycles. The lowest BCUT2D eigenvalue weighted by atomic mass is 10.2. The van der Waals surface area contributed by atoms with Crippen molar-refractivity contribution in [2.24, 2.45) is 7.05 Å². The van der Waals surface area contributed by atoms with Gasteiger partial charge in [0.2, 0.25) is 15.9 Å². The summed E-state index contributed by atoms with van der Waals surface area (Å²) in [6.07, 6.45) is 5.68. The van der Waals surface area contributed by atoms with Crippen LogP contribution in [0.1, 0.15) is 37.1 Å². The number of piperidine rings is 1. The molecule has 11 heteroatoms. The van der Waals surface area contributed by atoms with Crippen molar-refractivity contribution in [3.63, 3.8) is 0 Å². The van der Waals surface area contributed by atoms with Gasteiger partial charge in [-0.3, -0.25) is 4.79 Å². The van der Waals surface area contributed by atoms with Crippen molar-refractivity contribution < 1.29 is 13.2 Å². The van der Waals surface area contributed by atoms with Gasteiger partial charge in [-0.05, 0) is 56.8 Å². The number of nitrogens with zero attached hydrogens (tertiary/aromatic N) is 7. The van der Waals surface area contributed by atoms with Crippen molar-refractivity contribution in [2.45, 2.75) is 43.5 Å². The smallest absolute Gasteiger partial charge is 0.243 e. The molecule has 2 aliphatic rings. The Hall–Kier alpha value is -3.02. The van der Waals surface area contributed by atoms with E-state index in [1.807, 2.05) is 42.9 Å². The summed E-state index contributed by atoms with van der Waals surface area (Å²) in [4.78, 5) is 28.9. The molecule has 0 atom stereocenters. The van der Waals surface area contributed by atoms with Gasteiger partial charge in [0.1, 0.15) is 11.6 Å². The molecular formula is C28H39N7O3S. The number of hydrogen-bond acceptors (Lipinski definition) is 7. The van der Waals surface area contributed by atoms with Crippen LogP contribution in [0.4, 0.5) is 5.82 Å². The molecule has 4 heterocycles. The molecule has 0 bridgehead atoms. The molecule has 0 unspecified atom stereocenters. The van der Waals surface area contributed by atoms with Gasteiger partial charge in [-0.2, -0.15) is 4.31 Å². The van der Waals surface area contributed by atoms with Gasteiger partial charge < -0.3 is 19.3 Å². The molecule has 0 N–H and O–H groups in total. The zero-order valence-electron chi connectivity index (χ0n) is 23.2. The lowest BCUT2D eigenvalue weighted by molar-refractivity contribution is -0.131. The Morgan fingerprint density at radius 2 is 1.72 bits per heavy atom. The number of carbonyl (C=O) groups is 1. The minimum absolute atomic E-state index is 0.115. The molecule has 5 rings (SSSR count). The van der Waals surface area contributed by atoms with Gasteiger partial charge in [-0.1, -0.05) is 12.5 Å². The number of imidazole rings is 1. The molecule has 0 radical (unpaired) electrons. The van der Waals surface area contributed by atoms with Crippen LogP contribution in [-0.4, -0.2) is 96.3 Å². The van der Waals surface area contributed by atoms with E-state index in [1.165, 1.54) is 5.56 Å². The van der Waals surface area contributed by atoms with E-state index in [1.54, 1.807) is 16.4 Å². The van der Waals surface area contributed by atoms with Gasteiger partial charge in [-0.25, -0.2) is 18.4 Å². The van der Waals surface area contributed by atoms with E-state index in [9.17, 15) is 13.2 Å². The molecule has 2 saturated heterocycles. The van der Waals surface area contributed by atoms with Crippen LogP contribution in [0.25, 0.3) is 11.0 Å². The summed E-state index contributed by atoms with van der Waals surface area (Å²) >= 11 is 0. The molecule has 1 amide bonds. The van der Waals surface area contributed by atoms with Crippen LogP contribution in [0, 0.1) is 0 Å². The Kier molecular flexibility index (Phi) is 8.20. The summed E-state index contributed by atoms with van der Waals surface area (Å²) < 4.78 is 29.8. The molecule has 210 valence electrons. The highest BCUT2D eigenvalue weighted by molar-refractivity contribution is 7.89. The first-order valence-electron chi connectivity index (χ1n) is 13.8. The average molecular weight is 554 g/mol. The predicted molar refractivity (Wildman–Crippen MR) is 152 cm³/mol. The molecule has 0 aliphatic carbocycles. The first-order valence-corrected chi connectivity index (χ1v) is 15.2. The molecular weight excluding hydrogens is 514 g/mol. The van der Waals surface area contributed by atoms with Crippen molar-refractivity contribution in [1.29, 1.82) is 0 Å². The standard InChI is InChI=1S/C28H39N7O3S/c1-31(2)21-22-7-10-26(29-20-22)33-15-17-34(18-16-33)28(36)12-11-27-30-24-19-23(8-9-25(24)32(27)3)39(37,38)35-13-5-4-6-14-35/h7-10,19-20H,4-6,11-18,21H2,1-3H3. The highest BCUT2D eigenvalue weighted by Gasteiger charge is 2.27. The van der Waals surface area contributed by atoms with Gasteiger partial charge >= 0.3 is 0 Å². The van der Waals surface area contributed by atoms with Gasteiger partial charge in [0.25, 0.3) is 0 Å². The van der Waals surface area contributed by atoms with Crippen molar-refractivity contribution in [2.75, 3.05) is 58.3 Å². The minimum Gasteiger partial charge on any atom is -0.353 e. The molecule has 0 spiro atoms. The van der Waals surface area contributed by atoms with Crippen LogP contribution in [-0.2, 0) is 34.8 Å². The van der Waals surface area contributed by atoms with Gasteiger partial charge in [-0.15, -0.1) is 0 Å². The lowest BCUT2D eigenvalue weighted by Crippen LogP contribution is -2.49. The fraction of sp³-hybridized carbons (Fsp3) is 0.536. The molecule has 39 heavy (non-hydrogen) atoms. The molecule has 2 aliphatic heterocycles. The number of carbonyl (C=O) groups excluding carboxylic acids is 1. The zero-order chi connectivity index (χ0) is 27.6. The van der Waals surface area contributed by atoms with Crippen LogP contribution >= 0.6 is 0 Å². The summed E-state index contributed by atoms with van der Waals surface area (Å²) in [6.45, 7) is 4.85. The molecule has 10 nitrogen and oxygen atoms in total. The summed E-state index contributed by atoms with van der Waals surface area (Å²) in [5.74, 6) is 1.85. The van der Waals surface area contributed by atoms with Crippen LogP contribution in [0.2, 0.25) is 0 Å². The van der Waals surface area contributed by atoms with Crippen LogP contribution in [0.15, 0.2) is 41.4 Å². The number of benzene rings is 1. The monoisotopic (exact) mass is 553 g/mol. The second-order valence-electron chi connectivity index (χ2n) is 10.8. The number of aromatic nitrogens is 3. The van der Waals surface area contributed by atoms with Gasteiger partial charge in [0.15, 0.2) is 0 Å². The predicted octanol–water partition coefficient (Wildman–Crippen LogP) is 2.49. The Balaban J connectivity index is 1.17. The van der Waals surface area contributed by atoms with E-state index < -0.39 is 10.0 Å². The van der Waals surface area contributed by atoms with E-state index in [4.69, 9.17) is 4.98 Å². The number of aryl methyl sites for hydroxylation is 2. The summed E-state index contributed by atoms with van der Waals surface area (Å²) in [5, 5.41) is 0. The molecule has 2 aromatic heterocycles. The number of piperazine rings is 1. The molecule has 3 aromatic rings. The third-order valence-electron chi connectivity index (χ3n) is 7.72. The number of anilines is 1. The van der Waals surface area contributed by atoms with Crippen LogP contribution in [0.5, 0.6) is 0 Å². The van der Waals surface area contributed by atoms with Crippen molar-refractivity contribution in [1.82, 2.24) is 28.6 Å². The highest BCUT2D eigenvalue weighted by Crippen LogP contribution is 2.25. The van der Waals surface area contributed by atoms with E-state index in [0.29, 0.717) is 44.5 Å². The van der Waals surface area contributed by atoms with Crippen molar-refractivity contribution >= 4 is 32.8 Å². The maximum absolute atomic E-state index is 13.1. The molecule has 2 fully saturated rings. The normalized spacial score (nSPS) is 17.3. The average Bonchev–Trinajstić information content (AvgIpc) is 3.27. The number of fused-ring (bicyclic) bond motifs is 1. The number of rotatable bonds is 8. The largest absolute Gasteiger partial charge is 0.353 e. The summed E-state index contributed by atoms with van der Waals surface area (Å²) in [5.41, 5.74) is 2.70. The van der Waals surface area contributed by atoms with Gasteiger partial charge in [0, 0.05) is 71.9 Å². The Bertz CT molecular complexity index is 1400. The van der Waals surface area contributed by atoms with Gasteiger partial charge in [0.05, 0.1) is 15.9 Å². The first kappa shape index (κ1) is 27.5. The number of amides is 1. The number of hydrogen-bond donors (Lipinski definition) is 0. The van der Waals surface area contributed by atoms with E-state index >= 15 is 0 Å². The van der Waals surface area contributed by atoms with Crippen molar-refractivity contribution in [3.8, 4) is 0 Å². The minimum atomic E-state index is -3.52. The third kappa shape index (κ3) is 6.10. The molecule has 1 aromatic carbocycles. The lowest BCUT2D eigenvalue weighted by Gasteiger charge is -2.35. The number of sulfonamides is 1. The van der Waals surface area contributed by atoms with Crippen LogP contribution < -0.4 is 4.90 Å². The maximum atomic E-state index is 13.1. The topological polar surface area (TPSA) is 94.9 Å². The Morgan fingerprint density at radius 3 is 2.38 bits per heavy atom. The van der Waals surface area contributed by atoms with E-state index in [-0.39, 0.29) is 10.8 Å². The number of pyridine rings is 1. The first-order chi connectivity index (χ1) is 18.7. The fourth-order valence-corrected chi connectivity index (χ4v) is 7.03. The van der Waals surface area contributed by atoms with Crippen molar-refractivity contribution in [3.05, 3.63) is 47.9 Å². The van der Waals surface area contributed by atoms with Crippen LogP contribution in [0.3, 0.4) is 0 Å². The van der Waals surface area contributed by atoms with E-state index in [0.717, 1.165) is 56.1 Å². The maximum Gasteiger partial charge on any atom is 0.243 e. The quantitative estimate of drug-likeness (QED) is 0.423. The summed E-state index contributed by atoms with van der Waals surface area (Å²) in [7, 11) is 2.49.